The molecule has 0 amide bonds. The molecule has 0 bridgehead atoms. The molecule has 2 rings (SSSR count). The van der Waals surface area contributed by atoms with Gasteiger partial charge in [0.05, 0.1) is 0 Å². The molecule has 1 heterocycles. The third kappa shape index (κ3) is 1.58. The Hall–Kier alpha value is -0.190. The summed E-state index contributed by atoms with van der Waals surface area (Å²) in [5.74, 6) is -0.136. The van der Waals surface area contributed by atoms with Crippen molar-refractivity contribution >= 4 is 45.8 Å². The highest BCUT2D eigenvalue weighted by molar-refractivity contribution is 7.99. The fourth-order valence-corrected chi connectivity index (χ4v) is 3.06. The summed E-state index contributed by atoms with van der Waals surface area (Å²) in [4.78, 5) is 1.94. The highest BCUT2D eigenvalue weighted by Crippen LogP contribution is 2.33. The minimum atomic E-state index is -0.136. The number of benzene rings is 1. The van der Waals surface area contributed by atoms with Crippen molar-refractivity contribution in [3.05, 3.63) is 23.3 Å². The van der Waals surface area contributed by atoms with E-state index < -0.39 is 0 Å². The van der Waals surface area contributed by atoms with Gasteiger partial charge in [0, 0.05) is 25.3 Å². The van der Waals surface area contributed by atoms with Gasteiger partial charge in [-0.05, 0) is 18.4 Å². The maximum Gasteiger partial charge on any atom is 0.141 e. The highest BCUT2D eigenvalue weighted by Gasteiger charge is 2.06. The Kier molecular flexibility index (Phi) is 2.53. The first-order valence-electron chi connectivity index (χ1n) is 3.66. The Labute approximate surface area is 89.6 Å². The lowest BCUT2D eigenvalue weighted by Gasteiger charge is -2.00. The summed E-state index contributed by atoms with van der Waals surface area (Å²) in [6, 6.07) is 3.77. The van der Waals surface area contributed by atoms with Crippen LogP contribution in [0.5, 0.6) is 0 Å². The van der Waals surface area contributed by atoms with E-state index in [9.17, 15) is 4.39 Å². The second kappa shape index (κ2) is 3.52. The molecule has 1 aromatic carbocycles. The van der Waals surface area contributed by atoms with Crippen LogP contribution < -0.4 is 0 Å². The molecule has 0 saturated carbocycles. The van der Waals surface area contributed by atoms with Gasteiger partial charge in [0.1, 0.15) is 5.82 Å². The van der Waals surface area contributed by atoms with Crippen molar-refractivity contribution in [3.8, 4) is 0 Å². The maximum atomic E-state index is 13.2. The van der Waals surface area contributed by atoms with E-state index in [0.29, 0.717) is 5.39 Å². The average molecular weight is 230 g/mol. The summed E-state index contributed by atoms with van der Waals surface area (Å²) >= 11 is 7.32. The van der Waals surface area contributed by atoms with Crippen LogP contribution >= 0.6 is 35.7 Å². The Balaban J connectivity index is 2.77. The molecule has 0 unspecified atom stereocenters. The number of halogens is 1. The van der Waals surface area contributed by atoms with E-state index in [0.717, 1.165) is 14.5 Å². The van der Waals surface area contributed by atoms with Crippen LogP contribution in [-0.2, 0) is 0 Å². The minimum Gasteiger partial charge on any atom is -0.205 e. The number of fused-ring (bicyclic) bond motifs is 1. The molecule has 0 radical (unpaired) electrons. The fourth-order valence-electron chi connectivity index (χ4n) is 1.18. The Morgan fingerprint density at radius 3 is 2.92 bits per heavy atom. The fraction of sp³-hybridized carbons (Fsp3) is 0.111. The molecule has 4 heteroatoms. The van der Waals surface area contributed by atoms with Crippen LogP contribution in [0.3, 0.4) is 0 Å². The monoisotopic (exact) mass is 230 g/mol. The topological polar surface area (TPSA) is 0 Å². The van der Waals surface area contributed by atoms with Gasteiger partial charge in [0.25, 0.3) is 0 Å². The molecule has 0 spiro atoms. The molecule has 2 aromatic rings. The largest absolute Gasteiger partial charge is 0.205 e. The molecular weight excluding hydrogens is 223 g/mol. The van der Waals surface area contributed by atoms with Crippen LogP contribution in [0.4, 0.5) is 4.39 Å². The molecule has 1 aromatic heterocycles. The molecule has 0 fully saturated rings. The van der Waals surface area contributed by atoms with Gasteiger partial charge in [0.2, 0.25) is 0 Å². The minimum absolute atomic E-state index is 0.136. The second-order valence-electron chi connectivity index (χ2n) is 2.60. The van der Waals surface area contributed by atoms with Crippen molar-refractivity contribution < 1.29 is 4.39 Å². The van der Waals surface area contributed by atoms with Crippen LogP contribution in [0.1, 0.15) is 0 Å². The number of hydrogen-bond donors (Lipinski definition) is 1. The zero-order chi connectivity index (χ0) is 9.42. The predicted octanol–water partition coefficient (Wildman–Crippen LogP) is 4.05. The van der Waals surface area contributed by atoms with Crippen LogP contribution in [0.2, 0.25) is 0 Å². The Morgan fingerprint density at radius 1 is 1.46 bits per heavy atom. The van der Waals surface area contributed by atoms with Crippen molar-refractivity contribution in [2.75, 3.05) is 6.26 Å². The summed E-state index contributed by atoms with van der Waals surface area (Å²) in [7, 11) is 0. The normalized spacial score (nSPS) is 11.0. The van der Waals surface area contributed by atoms with Crippen molar-refractivity contribution in [2.24, 2.45) is 0 Å². The molecule has 0 aliphatic carbocycles. The molecule has 68 valence electrons. The SMILES string of the molecule is CSc1cc2c(F)csc2cc1S. The average Bonchev–Trinajstić information content (AvgIpc) is 2.46. The van der Waals surface area contributed by atoms with E-state index >= 15 is 0 Å². The summed E-state index contributed by atoms with van der Waals surface area (Å²) in [6.07, 6.45) is 1.96. The second-order valence-corrected chi connectivity index (χ2v) is 4.84. The third-order valence-corrected chi connectivity index (χ3v) is 4.04. The van der Waals surface area contributed by atoms with Crippen LogP contribution in [0, 0.1) is 5.82 Å². The van der Waals surface area contributed by atoms with Gasteiger partial charge in [-0.2, -0.15) is 0 Å². The van der Waals surface area contributed by atoms with E-state index in [1.165, 1.54) is 16.7 Å². The first-order valence-corrected chi connectivity index (χ1v) is 6.21. The zero-order valence-corrected chi connectivity index (χ0v) is 9.40. The molecule has 0 N–H and O–H groups in total. The van der Waals surface area contributed by atoms with Gasteiger partial charge in [-0.1, -0.05) is 0 Å². The number of hydrogen-bond acceptors (Lipinski definition) is 3. The van der Waals surface area contributed by atoms with E-state index in [-0.39, 0.29) is 5.82 Å². The zero-order valence-electron chi connectivity index (χ0n) is 6.87. The number of thiophene rings is 1. The van der Waals surface area contributed by atoms with Crippen LogP contribution in [0.15, 0.2) is 27.3 Å². The van der Waals surface area contributed by atoms with Crippen LogP contribution in [-0.4, -0.2) is 6.26 Å². The molecule has 0 saturated heterocycles. The van der Waals surface area contributed by atoms with Gasteiger partial charge >= 0.3 is 0 Å². The molecule has 13 heavy (non-hydrogen) atoms. The quantitative estimate of drug-likeness (QED) is 0.569. The third-order valence-electron chi connectivity index (χ3n) is 1.83. The van der Waals surface area contributed by atoms with Gasteiger partial charge in [-0.25, -0.2) is 4.39 Å². The van der Waals surface area contributed by atoms with Gasteiger partial charge in [-0.3, -0.25) is 0 Å². The van der Waals surface area contributed by atoms with Crippen LogP contribution in [0.25, 0.3) is 10.1 Å². The first-order chi connectivity index (χ1) is 6.22. The van der Waals surface area contributed by atoms with E-state index in [2.05, 4.69) is 12.6 Å². The number of rotatable bonds is 1. The molecule has 0 atom stereocenters. The van der Waals surface area contributed by atoms with Crippen molar-refractivity contribution in [2.45, 2.75) is 9.79 Å². The van der Waals surface area contributed by atoms with Crippen molar-refractivity contribution in [1.82, 2.24) is 0 Å². The molecule has 0 aliphatic heterocycles. The van der Waals surface area contributed by atoms with Gasteiger partial charge < -0.3 is 0 Å². The Bertz CT molecular complexity index is 447. The maximum absolute atomic E-state index is 13.2. The lowest BCUT2D eigenvalue weighted by molar-refractivity contribution is 0.644. The summed E-state index contributed by atoms with van der Waals surface area (Å²) in [5, 5.41) is 2.23. The smallest absolute Gasteiger partial charge is 0.141 e. The summed E-state index contributed by atoms with van der Waals surface area (Å²) in [6.45, 7) is 0. The molecule has 0 aliphatic rings. The van der Waals surface area contributed by atoms with Gasteiger partial charge in [-0.15, -0.1) is 35.7 Å². The standard InChI is InChI=1S/C9H7FS3/c1-12-9-2-5-6(10)4-13-8(5)3-7(9)11/h2-4,11H,1H3. The lowest BCUT2D eigenvalue weighted by Crippen LogP contribution is -1.75. The van der Waals surface area contributed by atoms with E-state index in [1.807, 2.05) is 18.4 Å². The number of thioether (sulfide) groups is 1. The van der Waals surface area contributed by atoms with Crippen molar-refractivity contribution in [3.63, 3.8) is 0 Å². The van der Waals surface area contributed by atoms with E-state index in [4.69, 9.17) is 0 Å². The molecule has 0 nitrogen and oxygen atoms in total. The molecular formula is C9H7FS3. The van der Waals surface area contributed by atoms with Crippen molar-refractivity contribution in [1.29, 1.82) is 0 Å². The Morgan fingerprint density at radius 2 is 2.23 bits per heavy atom. The predicted molar refractivity (Wildman–Crippen MR) is 60.8 cm³/mol. The number of thiol groups is 1. The summed E-state index contributed by atoms with van der Waals surface area (Å²) < 4.78 is 14.1. The highest BCUT2D eigenvalue weighted by atomic mass is 32.2. The first kappa shape index (κ1) is 9.37. The summed E-state index contributed by atoms with van der Waals surface area (Å²) in [5.41, 5.74) is 0. The lowest BCUT2D eigenvalue weighted by atomic mass is 10.2. The van der Waals surface area contributed by atoms with E-state index in [1.54, 1.807) is 11.8 Å². The van der Waals surface area contributed by atoms with Gasteiger partial charge in [0.15, 0.2) is 0 Å².